The van der Waals surface area contributed by atoms with E-state index in [2.05, 4.69) is 0 Å². The van der Waals surface area contributed by atoms with Crippen molar-refractivity contribution in [1.82, 2.24) is 0 Å². The Kier molecular flexibility index (Phi) is 3.11. The molecule has 1 N–H and O–H groups in total. The van der Waals surface area contributed by atoms with Gasteiger partial charge in [0.1, 0.15) is 0 Å². The summed E-state index contributed by atoms with van der Waals surface area (Å²) in [6, 6.07) is 0. The molecule has 1 atom stereocenters. The van der Waals surface area contributed by atoms with Crippen molar-refractivity contribution in [3.8, 4) is 0 Å². The number of carboxylic acid groups (broad SMARTS) is 1. The molecule has 0 amide bonds. The van der Waals surface area contributed by atoms with Gasteiger partial charge in [0.2, 0.25) is 0 Å². The Balaban J connectivity index is 2.17. The molecule has 0 aromatic carbocycles. The van der Waals surface area contributed by atoms with Gasteiger partial charge in [0, 0.05) is 12.5 Å². The van der Waals surface area contributed by atoms with Gasteiger partial charge in [-0.3, -0.25) is 4.79 Å². The van der Waals surface area contributed by atoms with E-state index in [1.54, 1.807) is 6.08 Å². The molecule has 1 aliphatic heterocycles. The lowest BCUT2D eigenvalue weighted by Crippen LogP contribution is -1.95. The third kappa shape index (κ3) is 3.18. The molecule has 1 aliphatic rings. The summed E-state index contributed by atoms with van der Waals surface area (Å²) in [4.78, 5) is 10.1. The molecule has 1 fully saturated rings. The molecule has 11 heavy (non-hydrogen) atoms. The van der Waals surface area contributed by atoms with E-state index in [-0.39, 0.29) is 6.42 Å². The van der Waals surface area contributed by atoms with Crippen LogP contribution in [0.5, 0.6) is 0 Å². The van der Waals surface area contributed by atoms with Crippen LogP contribution >= 0.6 is 0 Å². The lowest BCUT2D eigenvalue weighted by molar-refractivity contribution is -0.136. The van der Waals surface area contributed by atoms with E-state index in [1.807, 2.05) is 6.08 Å². The first-order chi connectivity index (χ1) is 5.29. The minimum atomic E-state index is -0.778. The molecule has 3 nitrogen and oxygen atoms in total. The summed E-state index contributed by atoms with van der Waals surface area (Å²) in [5.74, 6) is -0.338. The number of ether oxygens (including phenoxy) is 1. The highest BCUT2D eigenvalue weighted by Crippen LogP contribution is 2.13. The first-order valence-corrected chi connectivity index (χ1v) is 3.75. The predicted molar refractivity (Wildman–Crippen MR) is 40.3 cm³/mol. The fraction of sp³-hybridized carbons (Fsp3) is 0.625. The van der Waals surface area contributed by atoms with E-state index in [0.29, 0.717) is 5.92 Å². The number of hydrogen-bond donors (Lipinski definition) is 1. The smallest absolute Gasteiger partial charge is 0.307 e. The van der Waals surface area contributed by atoms with E-state index in [9.17, 15) is 4.79 Å². The predicted octanol–water partition coefficient (Wildman–Crippen LogP) is 1.05. The number of rotatable bonds is 3. The summed E-state index contributed by atoms with van der Waals surface area (Å²) < 4.78 is 5.12. The standard InChI is InChI=1S/C8H12O3/c9-8(10)3-1-2-7-4-5-11-6-7/h1-2,7H,3-6H2,(H,9,10)/b2-1-. The van der Waals surface area contributed by atoms with Gasteiger partial charge in [-0.1, -0.05) is 12.2 Å². The van der Waals surface area contributed by atoms with Crippen molar-refractivity contribution < 1.29 is 14.6 Å². The Labute approximate surface area is 65.7 Å². The fourth-order valence-corrected chi connectivity index (χ4v) is 1.07. The van der Waals surface area contributed by atoms with Crippen LogP contribution in [0.1, 0.15) is 12.8 Å². The molecule has 1 heterocycles. The summed E-state index contributed by atoms with van der Waals surface area (Å²) in [6.07, 6.45) is 4.77. The molecule has 0 radical (unpaired) electrons. The quantitative estimate of drug-likeness (QED) is 0.621. The van der Waals surface area contributed by atoms with Crippen LogP contribution in [0.15, 0.2) is 12.2 Å². The van der Waals surface area contributed by atoms with E-state index in [0.717, 1.165) is 19.6 Å². The summed E-state index contributed by atoms with van der Waals surface area (Å²) in [6.45, 7) is 1.55. The molecule has 0 aromatic rings. The van der Waals surface area contributed by atoms with Crippen molar-refractivity contribution in [3.05, 3.63) is 12.2 Å². The van der Waals surface area contributed by atoms with Crippen molar-refractivity contribution in [2.24, 2.45) is 5.92 Å². The summed E-state index contributed by atoms with van der Waals surface area (Å²) in [5, 5.41) is 8.30. The van der Waals surface area contributed by atoms with Crippen molar-refractivity contribution >= 4 is 5.97 Å². The summed E-state index contributed by atoms with van der Waals surface area (Å²) in [5.41, 5.74) is 0. The first kappa shape index (κ1) is 8.27. The summed E-state index contributed by atoms with van der Waals surface area (Å²) in [7, 11) is 0. The molecule has 1 saturated heterocycles. The highest BCUT2D eigenvalue weighted by atomic mass is 16.5. The normalized spacial score (nSPS) is 24.5. The van der Waals surface area contributed by atoms with E-state index >= 15 is 0 Å². The zero-order chi connectivity index (χ0) is 8.10. The van der Waals surface area contributed by atoms with Gasteiger partial charge in [-0.05, 0) is 6.42 Å². The van der Waals surface area contributed by atoms with Gasteiger partial charge in [0.25, 0.3) is 0 Å². The number of hydrogen-bond acceptors (Lipinski definition) is 2. The maximum atomic E-state index is 10.1. The maximum Gasteiger partial charge on any atom is 0.307 e. The monoisotopic (exact) mass is 156 g/mol. The molecular weight excluding hydrogens is 144 g/mol. The Hall–Kier alpha value is -0.830. The van der Waals surface area contributed by atoms with Crippen LogP contribution in [0.2, 0.25) is 0 Å². The van der Waals surface area contributed by atoms with Crippen molar-refractivity contribution in [2.75, 3.05) is 13.2 Å². The average molecular weight is 156 g/mol. The second-order valence-corrected chi connectivity index (χ2v) is 2.65. The van der Waals surface area contributed by atoms with Gasteiger partial charge in [-0.25, -0.2) is 0 Å². The summed E-state index contributed by atoms with van der Waals surface area (Å²) >= 11 is 0. The van der Waals surface area contributed by atoms with E-state index < -0.39 is 5.97 Å². The van der Waals surface area contributed by atoms with Crippen LogP contribution in [0.3, 0.4) is 0 Å². The van der Waals surface area contributed by atoms with E-state index in [1.165, 1.54) is 0 Å². The zero-order valence-corrected chi connectivity index (χ0v) is 6.32. The Bertz CT molecular complexity index is 157. The van der Waals surface area contributed by atoms with Crippen molar-refractivity contribution in [1.29, 1.82) is 0 Å². The Morgan fingerprint density at radius 3 is 3.09 bits per heavy atom. The second-order valence-electron chi connectivity index (χ2n) is 2.65. The molecule has 0 bridgehead atoms. The second kappa shape index (κ2) is 4.13. The van der Waals surface area contributed by atoms with Crippen LogP contribution in [-0.4, -0.2) is 24.3 Å². The third-order valence-corrected chi connectivity index (χ3v) is 1.67. The molecule has 3 heteroatoms. The maximum absolute atomic E-state index is 10.1. The SMILES string of the molecule is O=C(O)C/C=C\C1CCOC1. The van der Waals surface area contributed by atoms with Crippen molar-refractivity contribution in [3.63, 3.8) is 0 Å². The van der Waals surface area contributed by atoms with Gasteiger partial charge in [0.05, 0.1) is 13.0 Å². The molecule has 62 valence electrons. The first-order valence-electron chi connectivity index (χ1n) is 3.75. The lowest BCUT2D eigenvalue weighted by atomic mass is 10.1. The van der Waals surface area contributed by atoms with Crippen LogP contribution in [-0.2, 0) is 9.53 Å². The van der Waals surface area contributed by atoms with Crippen LogP contribution in [0.25, 0.3) is 0 Å². The highest BCUT2D eigenvalue weighted by Gasteiger charge is 2.11. The molecule has 0 aromatic heterocycles. The van der Waals surface area contributed by atoms with E-state index in [4.69, 9.17) is 9.84 Å². The molecule has 1 unspecified atom stereocenters. The molecule has 1 rings (SSSR count). The molecule has 0 spiro atoms. The molecule has 0 aliphatic carbocycles. The molecule has 0 saturated carbocycles. The van der Waals surface area contributed by atoms with Crippen LogP contribution < -0.4 is 0 Å². The minimum absolute atomic E-state index is 0.122. The minimum Gasteiger partial charge on any atom is -0.481 e. The van der Waals surface area contributed by atoms with Crippen LogP contribution in [0, 0.1) is 5.92 Å². The van der Waals surface area contributed by atoms with Gasteiger partial charge < -0.3 is 9.84 Å². The number of aliphatic carboxylic acids is 1. The highest BCUT2D eigenvalue weighted by molar-refractivity contribution is 5.68. The third-order valence-electron chi connectivity index (χ3n) is 1.67. The zero-order valence-electron chi connectivity index (χ0n) is 6.32. The van der Waals surface area contributed by atoms with Gasteiger partial charge in [-0.2, -0.15) is 0 Å². The van der Waals surface area contributed by atoms with Crippen LogP contribution in [0.4, 0.5) is 0 Å². The average Bonchev–Trinajstić information content (AvgIpc) is 2.39. The Morgan fingerprint density at radius 1 is 1.73 bits per heavy atom. The largest absolute Gasteiger partial charge is 0.481 e. The van der Waals surface area contributed by atoms with Gasteiger partial charge in [-0.15, -0.1) is 0 Å². The topological polar surface area (TPSA) is 46.5 Å². The molecular formula is C8H12O3. The van der Waals surface area contributed by atoms with Gasteiger partial charge in [0.15, 0.2) is 0 Å². The lowest BCUT2D eigenvalue weighted by Gasteiger charge is -1.96. The number of carbonyl (C=O) groups is 1. The fourth-order valence-electron chi connectivity index (χ4n) is 1.07. The van der Waals surface area contributed by atoms with Crippen molar-refractivity contribution in [2.45, 2.75) is 12.8 Å². The van der Waals surface area contributed by atoms with Gasteiger partial charge >= 0.3 is 5.97 Å². The Morgan fingerprint density at radius 2 is 2.55 bits per heavy atom. The number of carboxylic acids is 1.